The smallest absolute Gasteiger partial charge is 0.326 e. The van der Waals surface area contributed by atoms with E-state index in [9.17, 15) is 4.79 Å². The molecular formula is C7H17N3O. The fourth-order valence-electron chi connectivity index (χ4n) is 0.900. The molecule has 4 nitrogen and oxygen atoms in total. The molecule has 66 valence electrons. The van der Waals surface area contributed by atoms with Crippen molar-refractivity contribution in [3.63, 3.8) is 0 Å². The molecule has 0 saturated heterocycles. The Morgan fingerprint density at radius 2 is 2.18 bits per heavy atom. The Bertz CT molecular complexity index is 116. The molecule has 1 unspecified atom stereocenters. The van der Waals surface area contributed by atoms with Crippen molar-refractivity contribution in [3.8, 4) is 0 Å². The molecular weight excluding hydrogens is 142 g/mol. The molecule has 0 aliphatic heterocycles. The molecule has 0 bridgehead atoms. The summed E-state index contributed by atoms with van der Waals surface area (Å²) in [4.78, 5) is 10.3. The second-order valence-corrected chi connectivity index (χ2v) is 2.53. The summed E-state index contributed by atoms with van der Waals surface area (Å²) >= 11 is 0. The molecule has 1 atom stereocenters. The first-order valence-corrected chi connectivity index (χ1v) is 4.01. The molecule has 0 rings (SSSR count). The summed E-state index contributed by atoms with van der Waals surface area (Å²) in [6, 6.07) is -0.188. The highest BCUT2D eigenvalue weighted by molar-refractivity contribution is 5.70. The number of primary amides is 1. The van der Waals surface area contributed by atoms with E-state index >= 15 is 0 Å². The first-order valence-electron chi connectivity index (χ1n) is 4.01. The lowest BCUT2D eigenvalue weighted by Gasteiger charge is -2.15. The van der Waals surface area contributed by atoms with Crippen LogP contribution in [0.2, 0.25) is 0 Å². The number of carbonyl (C=O) groups is 1. The molecule has 0 fully saturated rings. The monoisotopic (exact) mass is 159 g/mol. The van der Waals surface area contributed by atoms with E-state index in [1.807, 2.05) is 0 Å². The molecule has 0 spiro atoms. The average Bonchev–Trinajstić information content (AvgIpc) is 1.97. The van der Waals surface area contributed by atoms with Gasteiger partial charge in [0.05, 0.1) is 0 Å². The van der Waals surface area contributed by atoms with Crippen molar-refractivity contribution in [1.29, 1.82) is 0 Å². The minimum absolute atomic E-state index is 0.340. The number of hydrogen-bond acceptors (Lipinski definition) is 2. The Labute approximate surface area is 67.5 Å². The van der Waals surface area contributed by atoms with Crippen molar-refractivity contribution in [1.82, 2.24) is 10.9 Å². The van der Waals surface area contributed by atoms with Crippen molar-refractivity contribution >= 4 is 6.03 Å². The summed E-state index contributed by atoms with van der Waals surface area (Å²) in [7, 11) is 0. The van der Waals surface area contributed by atoms with Crippen LogP contribution >= 0.6 is 0 Å². The molecule has 0 saturated carbocycles. The number of hydrogen-bond donors (Lipinski definition) is 3. The van der Waals surface area contributed by atoms with Crippen molar-refractivity contribution in [2.75, 3.05) is 0 Å². The first kappa shape index (κ1) is 10.2. The average molecular weight is 159 g/mol. The van der Waals surface area contributed by atoms with Crippen molar-refractivity contribution < 1.29 is 4.79 Å². The Morgan fingerprint density at radius 3 is 2.55 bits per heavy atom. The van der Waals surface area contributed by atoms with Gasteiger partial charge in [0.2, 0.25) is 0 Å². The van der Waals surface area contributed by atoms with E-state index in [0.29, 0.717) is 6.04 Å². The standard InChI is InChI=1S/C7H17N3O/c1-3-5-6(4-2)9-10-7(8)11/h6,9H,3-5H2,1-2H3,(H3,8,10,11). The normalized spacial score (nSPS) is 12.5. The van der Waals surface area contributed by atoms with Gasteiger partial charge in [0.15, 0.2) is 0 Å². The number of urea groups is 1. The molecule has 4 heteroatoms. The van der Waals surface area contributed by atoms with E-state index in [0.717, 1.165) is 19.3 Å². The highest BCUT2D eigenvalue weighted by Crippen LogP contribution is 1.98. The van der Waals surface area contributed by atoms with Crippen LogP contribution in [-0.2, 0) is 0 Å². The fourth-order valence-corrected chi connectivity index (χ4v) is 0.900. The predicted octanol–water partition coefficient (Wildman–Crippen LogP) is 0.738. The number of nitrogens with two attached hydrogens (primary N) is 1. The number of nitrogens with one attached hydrogen (secondary N) is 2. The largest absolute Gasteiger partial charge is 0.351 e. The van der Waals surface area contributed by atoms with E-state index in [2.05, 4.69) is 24.7 Å². The van der Waals surface area contributed by atoms with Crippen LogP contribution in [-0.4, -0.2) is 12.1 Å². The zero-order valence-electron chi connectivity index (χ0n) is 7.18. The van der Waals surface area contributed by atoms with Crippen LogP contribution < -0.4 is 16.6 Å². The highest BCUT2D eigenvalue weighted by Gasteiger charge is 2.03. The summed E-state index contributed by atoms with van der Waals surface area (Å²) in [6.45, 7) is 4.17. The second-order valence-electron chi connectivity index (χ2n) is 2.53. The Balaban J connectivity index is 3.43. The molecule has 0 heterocycles. The van der Waals surface area contributed by atoms with E-state index in [4.69, 9.17) is 5.73 Å². The highest BCUT2D eigenvalue weighted by atomic mass is 16.2. The maximum atomic E-state index is 10.3. The molecule has 0 aromatic carbocycles. The Kier molecular flexibility index (Phi) is 5.56. The van der Waals surface area contributed by atoms with Crippen LogP contribution in [0.1, 0.15) is 33.1 Å². The first-order chi connectivity index (χ1) is 5.20. The quantitative estimate of drug-likeness (QED) is 0.518. The van der Waals surface area contributed by atoms with Crippen LogP contribution in [0.4, 0.5) is 4.79 Å². The third-order valence-corrected chi connectivity index (χ3v) is 1.53. The molecule has 0 aromatic rings. The second kappa shape index (κ2) is 5.97. The SMILES string of the molecule is CCCC(CC)NNC(N)=O. The zero-order chi connectivity index (χ0) is 8.69. The van der Waals surface area contributed by atoms with E-state index in [1.54, 1.807) is 0 Å². The van der Waals surface area contributed by atoms with Gasteiger partial charge in [-0.05, 0) is 12.8 Å². The van der Waals surface area contributed by atoms with Gasteiger partial charge >= 0.3 is 6.03 Å². The van der Waals surface area contributed by atoms with E-state index in [-0.39, 0.29) is 0 Å². The topological polar surface area (TPSA) is 67.2 Å². The summed E-state index contributed by atoms with van der Waals surface area (Å²) in [5, 5.41) is 0. The van der Waals surface area contributed by atoms with Gasteiger partial charge < -0.3 is 5.73 Å². The van der Waals surface area contributed by atoms with Crippen LogP contribution in [0.15, 0.2) is 0 Å². The number of hydrazine groups is 1. The number of amides is 2. The van der Waals surface area contributed by atoms with Gasteiger partial charge in [0.25, 0.3) is 0 Å². The van der Waals surface area contributed by atoms with Crippen LogP contribution in [0.3, 0.4) is 0 Å². The van der Waals surface area contributed by atoms with Gasteiger partial charge in [-0.2, -0.15) is 0 Å². The summed E-state index contributed by atoms with van der Waals surface area (Å²) in [6.07, 6.45) is 3.15. The fraction of sp³-hybridized carbons (Fsp3) is 0.857. The third-order valence-electron chi connectivity index (χ3n) is 1.53. The third kappa shape index (κ3) is 5.66. The summed E-state index contributed by atoms with van der Waals surface area (Å²) in [5.74, 6) is 0. The van der Waals surface area contributed by atoms with Crippen molar-refractivity contribution in [2.45, 2.75) is 39.2 Å². The van der Waals surface area contributed by atoms with Gasteiger partial charge in [-0.3, -0.25) is 5.43 Å². The minimum Gasteiger partial charge on any atom is -0.351 e. The molecule has 4 N–H and O–H groups in total. The van der Waals surface area contributed by atoms with Gasteiger partial charge in [-0.15, -0.1) is 0 Å². The Hall–Kier alpha value is -0.770. The van der Waals surface area contributed by atoms with E-state index < -0.39 is 6.03 Å². The van der Waals surface area contributed by atoms with Crippen LogP contribution in [0.25, 0.3) is 0 Å². The van der Waals surface area contributed by atoms with Gasteiger partial charge in [0, 0.05) is 6.04 Å². The van der Waals surface area contributed by atoms with Gasteiger partial charge in [-0.1, -0.05) is 20.3 Å². The Morgan fingerprint density at radius 1 is 1.55 bits per heavy atom. The van der Waals surface area contributed by atoms with Crippen LogP contribution in [0.5, 0.6) is 0 Å². The molecule has 0 aliphatic carbocycles. The maximum Gasteiger partial charge on any atom is 0.326 e. The summed E-state index contributed by atoms with van der Waals surface area (Å²) < 4.78 is 0. The van der Waals surface area contributed by atoms with Gasteiger partial charge in [-0.25, -0.2) is 10.2 Å². The van der Waals surface area contributed by atoms with Crippen LogP contribution in [0, 0.1) is 0 Å². The molecule has 0 radical (unpaired) electrons. The maximum absolute atomic E-state index is 10.3. The predicted molar refractivity (Wildman–Crippen MR) is 44.8 cm³/mol. The number of rotatable bonds is 5. The molecule has 2 amide bonds. The van der Waals surface area contributed by atoms with Gasteiger partial charge in [0.1, 0.15) is 0 Å². The molecule has 11 heavy (non-hydrogen) atoms. The van der Waals surface area contributed by atoms with E-state index in [1.165, 1.54) is 0 Å². The molecule has 0 aliphatic rings. The van der Waals surface area contributed by atoms with Crippen molar-refractivity contribution in [3.05, 3.63) is 0 Å². The van der Waals surface area contributed by atoms with Crippen molar-refractivity contribution in [2.24, 2.45) is 5.73 Å². The lowest BCUT2D eigenvalue weighted by Crippen LogP contribution is -2.46. The number of carbonyl (C=O) groups excluding carboxylic acids is 1. The lowest BCUT2D eigenvalue weighted by molar-refractivity contribution is 0.241. The molecule has 0 aromatic heterocycles. The zero-order valence-corrected chi connectivity index (χ0v) is 7.18. The summed E-state index contributed by atoms with van der Waals surface area (Å²) in [5.41, 5.74) is 10.1. The lowest BCUT2D eigenvalue weighted by atomic mass is 10.1. The minimum atomic E-state index is -0.528.